The van der Waals surface area contributed by atoms with Gasteiger partial charge in [0.05, 0.1) is 5.56 Å². The Morgan fingerprint density at radius 3 is 2.33 bits per heavy atom. The molecule has 1 aromatic carbocycles. The molecule has 0 unspecified atom stereocenters. The van der Waals surface area contributed by atoms with Crippen LogP contribution in [0.4, 0.5) is 11.5 Å². The fourth-order valence-electron chi connectivity index (χ4n) is 2.56. The lowest BCUT2D eigenvalue weighted by Gasteiger charge is -2.36. The van der Waals surface area contributed by atoms with Crippen LogP contribution in [0.25, 0.3) is 0 Å². The largest absolute Gasteiger partial charge is 0.478 e. The van der Waals surface area contributed by atoms with E-state index in [2.05, 4.69) is 26.9 Å². The number of rotatable bonds is 3. The van der Waals surface area contributed by atoms with Crippen LogP contribution in [0.2, 0.25) is 0 Å². The van der Waals surface area contributed by atoms with Crippen LogP contribution in [0.1, 0.15) is 10.4 Å². The van der Waals surface area contributed by atoms with E-state index in [0.717, 1.165) is 32.0 Å². The number of aromatic carboxylic acids is 1. The van der Waals surface area contributed by atoms with Crippen LogP contribution in [-0.4, -0.2) is 42.2 Å². The number of carbonyl (C=O) groups is 1. The molecular formula is C16H17N3O2. The zero-order valence-corrected chi connectivity index (χ0v) is 11.6. The molecule has 2 aromatic rings. The first-order valence-corrected chi connectivity index (χ1v) is 6.98. The average molecular weight is 283 g/mol. The van der Waals surface area contributed by atoms with Gasteiger partial charge in [0, 0.05) is 38.1 Å². The van der Waals surface area contributed by atoms with Gasteiger partial charge in [0.2, 0.25) is 0 Å². The van der Waals surface area contributed by atoms with Gasteiger partial charge in [0.15, 0.2) is 0 Å². The minimum atomic E-state index is -0.915. The third-order valence-electron chi connectivity index (χ3n) is 3.72. The first-order chi connectivity index (χ1) is 10.2. The van der Waals surface area contributed by atoms with Crippen molar-refractivity contribution in [2.45, 2.75) is 0 Å². The van der Waals surface area contributed by atoms with Crippen LogP contribution >= 0.6 is 0 Å². The zero-order valence-electron chi connectivity index (χ0n) is 11.6. The molecule has 0 aliphatic carbocycles. The second-order valence-electron chi connectivity index (χ2n) is 5.02. The molecule has 5 nitrogen and oxygen atoms in total. The van der Waals surface area contributed by atoms with Crippen LogP contribution in [0, 0.1) is 0 Å². The Bertz CT molecular complexity index is 622. The maximum absolute atomic E-state index is 11.0. The molecule has 0 amide bonds. The van der Waals surface area contributed by atoms with E-state index in [-0.39, 0.29) is 5.56 Å². The smallest absolute Gasteiger partial charge is 0.335 e. The van der Waals surface area contributed by atoms with Crippen molar-refractivity contribution in [3.8, 4) is 0 Å². The number of pyridine rings is 1. The molecule has 0 radical (unpaired) electrons. The Morgan fingerprint density at radius 2 is 1.67 bits per heavy atom. The standard InChI is InChI=1S/C16H17N3O2/c20-16(21)13-6-7-17-15(12-13)19-10-8-18(9-11-19)14-4-2-1-3-5-14/h1-7,12H,8-11H2,(H,20,21). The number of hydrogen-bond donors (Lipinski definition) is 1. The van der Waals surface area contributed by atoms with Crippen molar-refractivity contribution in [1.82, 2.24) is 4.98 Å². The van der Waals surface area contributed by atoms with Crippen LogP contribution in [0.15, 0.2) is 48.7 Å². The molecule has 0 saturated carbocycles. The summed E-state index contributed by atoms with van der Waals surface area (Å²) in [5, 5.41) is 9.04. The van der Waals surface area contributed by atoms with Gasteiger partial charge in [0.25, 0.3) is 0 Å². The summed E-state index contributed by atoms with van der Waals surface area (Å²) in [7, 11) is 0. The highest BCUT2D eigenvalue weighted by molar-refractivity contribution is 5.88. The lowest BCUT2D eigenvalue weighted by molar-refractivity contribution is 0.0697. The molecule has 0 spiro atoms. The van der Waals surface area contributed by atoms with E-state index in [0.29, 0.717) is 0 Å². The van der Waals surface area contributed by atoms with Crippen molar-refractivity contribution in [1.29, 1.82) is 0 Å². The Balaban J connectivity index is 1.68. The van der Waals surface area contributed by atoms with Crippen LogP contribution < -0.4 is 9.80 Å². The normalized spacial score (nSPS) is 15.0. The van der Waals surface area contributed by atoms with Crippen molar-refractivity contribution in [2.24, 2.45) is 0 Å². The molecular weight excluding hydrogens is 266 g/mol. The molecule has 1 aliphatic heterocycles. The Hall–Kier alpha value is -2.56. The predicted octanol–water partition coefficient (Wildman–Crippen LogP) is 2.11. The molecule has 1 aromatic heterocycles. The minimum Gasteiger partial charge on any atom is -0.478 e. The number of para-hydroxylation sites is 1. The minimum absolute atomic E-state index is 0.283. The number of nitrogens with zero attached hydrogens (tertiary/aromatic N) is 3. The third-order valence-corrected chi connectivity index (χ3v) is 3.72. The van der Waals surface area contributed by atoms with E-state index in [1.165, 1.54) is 11.8 Å². The molecule has 5 heteroatoms. The van der Waals surface area contributed by atoms with Crippen LogP contribution in [0.3, 0.4) is 0 Å². The van der Waals surface area contributed by atoms with Gasteiger partial charge in [-0.05, 0) is 24.3 Å². The quantitative estimate of drug-likeness (QED) is 0.935. The average Bonchev–Trinajstić information content (AvgIpc) is 2.56. The summed E-state index contributed by atoms with van der Waals surface area (Å²) in [6.07, 6.45) is 1.56. The van der Waals surface area contributed by atoms with E-state index in [4.69, 9.17) is 5.11 Å². The molecule has 1 aliphatic rings. The van der Waals surface area contributed by atoms with Gasteiger partial charge in [-0.2, -0.15) is 0 Å². The maximum atomic E-state index is 11.0. The van der Waals surface area contributed by atoms with Gasteiger partial charge in [-0.15, -0.1) is 0 Å². The van der Waals surface area contributed by atoms with Crippen LogP contribution in [0.5, 0.6) is 0 Å². The second kappa shape index (κ2) is 5.83. The number of aromatic nitrogens is 1. The second-order valence-corrected chi connectivity index (χ2v) is 5.02. The molecule has 2 heterocycles. The maximum Gasteiger partial charge on any atom is 0.335 e. The molecule has 3 rings (SSSR count). The highest BCUT2D eigenvalue weighted by atomic mass is 16.4. The summed E-state index contributed by atoms with van der Waals surface area (Å²) < 4.78 is 0. The van der Waals surface area contributed by atoms with Gasteiger partial charge in [0.1, 0.15) is 5.82 Å². The van der Waals surface area contributed by atoms with Gasteiger partial charge < -0.3 is 14.9 Å². The molecule has 21 heavy (non-hydrogen) atoms. The van der Waals surface area contributed by atoms with Gasteiger partial charge in [-0.1, -0.05) is 18.2 Å². The summed E-state index contributed by atoms with van der Waals surface area (Å²) in [6, 6.07) is 13.5. The van der Waals surface area contributed by atoms with Crippen molar-refractivity contribution in [3.63, 3.8) is 0 Å². The fraction of sp³-hybridized carbons (Fsp3) is 0.250. The molecule has 0 bridgehead atoms. The highest BCUT2D eigenvalue weighted by Gasteiger charge is 2.18. The zero-order chi connectivity index (χ0) is 14.7. The number of piperazine rings is 1. The van der Waals surface area contributed by atoms with E-state index in [1.807, 2.05) is 18.2 Å². The first-order valence-electron chi connectivity index (χ1n) is 6.98. The number of benzene rings is 1. The topological polar surface area (TPSA) is 56.7 Å². The SMILES string of the molecule is O=C(O)c1ccnc(N2CCN(c3ccccc3)CC2)c1. The van der Waals surface area contributed by atoms with Crippen molar-refractivity contribution in [3.05, 3.63) is 54.2 Å². The van der Waals surface area contributed by atoms with Gasteiger partial charge >= 0.3 is 5.97 Å². The Morgan fingerprint density at radius 1 is 1.00 bits per heavy atom. The summed E-state index contributed by atoms with van der Waals surface area (Å²) in [6.45, 7) is 3.49. The van der Waals surface area contributed by atoms with Crippen molar-refractivity contribution in [2.75, 3.05) is 36.0 Å². The number of carboxylic acids is 1. The highest BCUT2D eigenvalue weighted by Crippen LogP contribution is 2.19. The lowest BCUT2D eigenvalue weighted by Crippen LogP contribution is -2.46. The molecule has 1 N–H and O–H groups in total. The molecule has 108 valence electrons. The van der Waals surface area contributed by atoms with E-state index in [9.17, 15) is 4.79 Å². The van der Waals surface area contributed by atoms with E-state index in [1.54, 1.807) is 12.3 Å². The van der Waals surface area contributed by atoms with Crippen molar-refractivity contribution >= 4 is 17.5 Å². The summed E-state index contributed by atoms with van der Waals surface area (Å²) >= 11 is 0. The van der Waals surface area contributed by atoms with E-state index < -0.39 is 5.97 Å². The lowest BCUT2D eigenvalue weighted by atomic mass is 10.2. The Kier molecular flexibility index (Phi) is 3.73. The van der Waals surface area contributed by atoms with Crippen LogP contribution in [-0.2, 0) is 0 Å². The predicted molar refractivity (Wildman–Crippen MR) is 82.1 cm³/mol. The number of hydrogen-bond acceptors (Lipinski definition) is 4. The van der Waals surface area contributed by atoms with Gasteiger partial charge in [-0.3, -0.25) is 0 Å². The third kappa shape index (κ3) is 2.97. The number of anilines is 2. The summed E-state index contributed by atoms with van der Waals surface area (Å²) in [4.78, 5) is 19.8. The van der Waals surface area contributed by atoms with E-state index >= 15 is 0 Å². The molecule has 1 saturated heterocycles. The number of carboxylic acid groups (broad SMARTS) is 1. The summed E-state index contributed by atoms with van der Waals surface area (Å²) in [5.74, 6) is -0.177. The molecule has 0 atom stereocenters. The van der Waals surface area contributed by atoms with Gasteiger partial charge in [-0.25, -0.2) is 9.78 Å². The van der Waals surface area contributed by atoms with Crippen molar-refractivity contribution < 1.29 is 9.90 Å². The first kappa shape index (κ1) is 13.4. The monoisotopic (exact) mass is 283 g/mol. The molecule has 1 fully saturated rings. The summed E-state index contributed by atoms with van der Waals surface area (Å²) in [5.41, 5.74) is 1.51. The Labute approximate surface area is 123 Å². The fourth-order valence-corrected chi connectivity index (χ4v) is 2.56.